The van der Waals surface area contributed by atoms with Crippen molar-refractivity contribution in [2.45, 2.75) is 19.1 Å². The summed E-state index contributed by atoms with van der Waals surface area (Å²) in [7, 11) is 0. The third-order valence-corrected chi connectivity index (χ3v) is 4.99. The molecule has 0 bridgehead atoms. The number of nitrogens with one attached hydrogen (secondary N) is 3. The average Bonchev–Trinajstić information content (AvgIpc) is 2.97. The van der Waals surface area contributed by atoms with Crippen molar-refractivity contribution in [2.75, 3.05) is 32.7 Å². The van der Waals surface area contributed by atoms with Crippen LogP contribution in [0.3, 0.4) is 0 Å². The number of hydrogen-bond donors (Lipinski definition) is 3. The molecule has 0 spiro atoms. The third-order valence-electron chi connectivity index (χ3n) is 4.99. The Kier molecular flexibility index (Phi) is 4.65. The molecule has 1 aromatic rings. The lowest BCUT2D eigenvalue weighted by atomic mass is 10.1. The first kappa shape index (κ1) is 16.4. The summed E-state index contributed by atoms with van der Waals surface area (Å²) in [6.07, 6.45) is 0.817. The number of carbonyl (C=O) groups excluding carboxylic acids is 1. The number of amides is 1. The van der Waals surface area contributed by atoms with Crippen LogP contribution >= 0.6 is 0 Å². The lowest BCUT2D eigenvalue weighted by molar-refractivity contribution is -0.124. The summed E-state index contributed by atoms with van der Waals surface area (Å²) in [6, 6.07) is 6.68. The maximum Gasteiger partial charge on any atom is 0.234 e. The fourth-order valence-corrected chi connectivity index (χ4v) is 3.56. The van der Waals surface area contributed by atoms with Gasteiger partial charge in [-0.15, -0.1) is 0 Å². The number of halogens is 1. The lowest BCUT2D eigenvalue weighted by Gasteiger charge is -2.30. The summed E-state index contributed by atoms with van der Waals surface area (Å²) in [5.41, 5.74) is 7.16. The summed E-state index contributed by atoms with van der Waals surface area (Å²) in [5, 5.41) is 2.95. The molecule has 1 aromatic carbocycles. The molecule has 3 N–H and O–H groups in total. The van der Waals surface area contributed by atoms with Crippen molar-refractivity contribution in [1.29, 1.82) is 0 Å². The quantitative estimate of drug-likeness (QED) is 0.696. The Labute approximate surface area is 146 Å². The lowest BCUT2D eigenvalue weighted by Crippen LogP contribution is -2.54. The van der Waals surface area contributed by atoms with Crippen molar-refractivity contribution in [3.63, 3.8) is 0 Å². The molecular weight excluding hydrogens is 323 g/mol. The first-order chi connectivity index (χ1) is 12.2. The summed E-state index contributed by atoms with van der Waals surface area (Å²) >= 11 is 0. The van der Waals surface area contributed by atoms with Crippen LogP contribution in [0, 0.1) is 11.7 Å². The second kappa shape index (κ2) is 7.07. The molecular formula is C17H23FN6O. The van der Waals surface area contributed by atoms with E-state index in [1.165, 1.54) is 12.1 Å². The van der Waals surface area contributed by atoms with E-state index in [1.54, 1.807) is 0 Å². The predicted octanol–water partition coefficient (Wildman–Crippen LogP) is -0.131. The Balaban J connectivity index is 1.38. The molecule has 0 aromatic heterocycles. The van der Waals surface area contributed by atoms with Crippen molar-refractivity contribution in [1.82, 2.24) is 26.0 Å². The summed E-state index contributed by atoms with van der Waals surface area (Å²) in [5.74, 6) is 0.363. The van der Waals surface area contributed by atoms with E-state index < -0.39 is 0 Å². The molecule has 25 heavy (non-hydrogen) atoms. The van der Waals surface area contributed by atoms with Gasteiger partial charge in [0.2, 0.25) is 11.9 Å². The Bertz CT molecular complexity index is 664. The average molecular weight is 346 g/mol. The minimum Gasteiger partial charge on any atom is -0.341 e. The molecule has 2 unspecified atom stereocenters. The van der Waals surface area contributed by atoms with Gasteiger partial charge in [-0.25, -0.2) is 14.8 Å². The van der Waals surface area contributed by atoms with E-state index in [2.05, 4.69) is 31.0 Å². The second-order valence-electron chi connectivity index (χ2n) is 6.76. The van der Waals surface area contributed by atoms with E-state index in [0.29, 0.717) is 12.5 Å². The molecule has 3 aliphatic heterocycles. The first-order valence-electron chi connectivity index (χ1n) is 8.78. The maximum absolute atomic E-state index is 13.0. The number of hydrazine groups is 1. The van der Waals surface area contributed by atoms with E-state index in [9.17, 15) is 9.18 Å². The largest absolute Gasteiger partial charge is 0.341 e. The van der Waals surface area contributed by atoms with Crippen LogP contribution in [-0.4, -0.2) is 60.6 Å². The molecule has 3 aliphatic rings. The summed E-state index contributed by atoms with van der Waals surface area (Å²) < 4.78 is 13.0. The zero-order chi connectivity index (χ0) is 17.2. The molecule has 7 nitrogen and oxygen atoms in total. The molecule has 4 rings (SSSR count). The van der Waals surface area contributed by atoms with Gasteiger partial charge in [0, 0.05) is 39.3 Å². The fourth-order valence-electron chi connectivity index (χ4n) is 3.56. The zero-order valence-corrected chi connectivity index (χ0v) is 14.0. The van der Waals surface area contributed by atoms with Gasteiger partial charge < -0.3 is 4.90 Å². The fraction of sp³-hybridized carbons (Fsp3) is 0.529. The minimum absolute atomic E-state index is 0.0277. The highest BCUT2D eigenvalue weighted by Crippen LogP contribution is 2.16. The number of guanidine groups is 1. The van der Waals surface area contributed by atoms with Crippen LogP contribution in [0.2, 0.25) is 0 Å². The molecule has 2 fully saturated rings. The van der Waals surface area contributed by atoms with Gasteiger partial charge in [0.25, 0.3) is 0 Å². The topological polar surface area (TPSA) is 72.0 Å². The van der Waals surface area contributed by atoms with E-state index >= 15 is 0 Å². The van der Waals surface area contributed by atoms with Crippen molar-refractivity contribution < 1.29 is 9.18 Å². The normalized spacial score (nSPS) is 27.5. The van der Waals surface area contributed by atoms with Gasteiger partial charge in [-0.2, -0.15) is 0 Å². The van der Waals surface area contributed by atoms with Gasteiger partial charge in [-0.1, -0.05) is 12.1 Å². The second-order valence-corrected chi connectivity index (χ2v) is 6.76. The highest BCUT2D eigenvalue weighted by atomic mass is 19.1. The van der Waals surface area contributed by atoms with Gasteiger partial charge in [-0.3, -0.25) is 20.4 Å². The van der Waals surface area contributed by atoms with Gasteiger partial charge in [0.1, 0.15) is 12.0 Å². The van der Waals surface area contributed by atoms with Gasteiger partial charge in [0.15, 0.2) is 0 Å². The predicted molar refractivity (Wildman–Crippen MR) is 91.9 cm³/mol. The number of benzene rings is 1. The van der Waals surface area contributed by atoms with E-state index in [1.807, 2.05) is 12.1 Å². The van der Waals surface area contributed by atoms with Crippen LogP contribution in [-0.2, 0) is 11.3 Å². The Morgan fingerprint density at radius 1 is 1.16 bits per heavy atom. The number of rotatable bonds is 2. The molecule has 134 valence electrons. The smallest absolute Gasteiger partial charge is 0.234 e. The minimum atomic E-state index is -0.204. The molecule has 8 heteroatoms. The highest BCUT2D eigenvalue weighted by Gasteiger charge is 2.38. The van der Waals surface area contributed by atoms with Gasteiger partial charge >= 0.3 is 0 Å². The van der Waals surface area contributed by atoms with Gasteiger partial charge in [-0.05, 0) is 24.1 Å². The van der Waals surface area contributed by atoms with Crippen LogP contribution in [0.5, 0.6) is 0 Å². The third kappa shape index (κ3) is 3.65. The number of hydrogen-bond acceptors (Lipinski definition) is 6. The van der Waals surface area contributed by atoms with E-state index in [-0.39, 0.29) is 23.8 Å². The van der Waals surface area contributed by atoms with Crippen molar-refractivity contribution in [3.8, 4) is 0 Å². The molecule has 0 aliphatic carbocycles. The monoisotopic (exact) mass is 346 g/mol. The van der Waals surface area contributed by atoms with Crippen LogP contribution in [0.15, 0.2) is 29.3 Å². The number of aliphatic imine (C=N–C) groups is 1. The number of fused-ring (bicyclic) bond motifs is 1. The standard InChI is InChI=1S/C17H23FN6O/c18-13-4-2-12(3-5-13)11-23-6-1-7-24(9-8-23)17-20-15-14(10-19-22-15)16(25)21-17/h2-5,14-15,19,22H,1,6-11H2,(H,20,21,25). The first-order valence-corrected chi connectivity index (χ1v) is 8.78. The highest BCUT2D eigenvalue weighted by molar-refractivity contribution is 6.00. The Morgan fingerprint density at radius 3 is 2.84 bits per heavy atom. The molecule has 2 atom stereocenters. The summed E-state index contributed by atoms with van der Waals surface area (Å²) in [6.45, 7) is 4.95. The van der Waals surface area contributed by atoms with Crippen molar-refractivity contribution >= 4 is 11.9 Å². The van der Waals surface area contributed by atoms with E-state index in [0.717, 1.165) is 44.7 Å². The molecule has 0 radical (unpaired) electrons. The summed E-state index contributed by atoms with van der Waals surface area (Å²) in [4.78, 5) is 21.4. The molecule has 1 amide bonds. The van der Waals surface area contributed by atoms with E-state index in [4.69, 9.17) is 0 Å². The number of nitrogens with zero attached hydrogens (tertiary/aromatic N) is 3. The van der Waals surface area contributed by atoms with Crippen LogP contribution in [0.25, 0.3) is 0 Å². The van der Waals surface area contributed by atoms with Gasteiger partial charge in [0.05, 0.1) is 5.92 Å². The maximum atomic E-state index is 13.0. The van der Waals surface area contributed by atoms with Crippen molar-refractivity contribution in [3.05, 3.63) is 35.6 Å². The van der Waals surface area contributed by atoms with Crippen LogP contribution in [0.4, 0.5) is 4.39 Å². The molecule has 2 saturated heterocycles. The Hall–Kier alpha value is -2.03. The van der Waals surface area contributed by atoms with Crippen LogP contribution < -0.4 is 16.2 Å². The molecule has 0 saturated carbocycles. The number of carbonyl (C=O) groups is 1. The van der Waals surface area contributed by atoms with Crippen molar-refractivity contribution in [2.24, 2.45) is 10.9 Å². The zero-order valence-electron chi connectivity index (χ0n) is 14.0. The molecule has 3 heterocycles. The Morgan fingerprint density at radius 2 is 2.00 bits per heavy atom. The SMILES string of the molecule is O=C1NC(N2CCCN(Cc3ccc(F)cc3)CC2)=NC2NNCC12. The van der Waals surface area contributed by atoms with Crippen LogP contribution in [0.1, 0.15) is 12.0 Å².